The number of piperazine rings is 1. The topological polar surface area (TPSA) is 85.3 Å². The summed E-state index contributed by atoms with van der Waals surface area (Å²) in [7, 11) is 0. The normalized spacial score (nSPS) is 16.4. The van der Waals surface area contributed by atoms with Gasteiger partial charge in [-0.3, -0.25) is 14.7 Å². The lowest BCUT2D eigenvalue weighted by molar-refractivity contribution is -0.153. The van der Waals surface area contributed by atoms with Crippen LogP contribution in [0.15, 0.2) is 26.1 Å². The first-order chi connectivity index (χ1) is 11.7. The van der Waals surface area contributed by atoms with Crippen molar-refractivity contribution in [2.24, 2.45) is 0 Å². The fourth-order valence-electron chi connectivity index (χ4n) is 2.94. The fraction of sp³-hybridized carbons (Fsp3) is 0.467. The highest BCUT2D eigenvalue weighted by Crippen LogP contribution is 2.31. The minimum absolute atomic E-state index is 0.249. The molecule has 1 fully saturated rings. The van der Waals surface area contributed by atoms with Crippen molar-refractivity contribution in [3.63, 3.8) is 0 Å². The van der Waals surface area contributed by atoms with Crippen LogP contribution in [-0.2, 0) is 12.7 Å². The van der Waals surface area contributed by atoms with Gasteiger partial charge in [-0.1, -0.05) is 0 Å². The van der Waals surface area contributed by atoms with Crippen molar-refractivity contribution in [1.82, 2.24) is 14.9 Å². The third-order valence-electron chi connectivity index (χ3n) is 4.11. The second kappa shape index (κ2) is 6.43. The van der Waals surface area contributed by atoms with Crippen molar-refractivity contribution in [2.75, 3.05) is 31.1 Å². The molecule has 7 nitrogen and oxygen atoms in total. The average Bonchev–Trinajstić information content (AvgIpc) is 2.96. The summed E-state index contributed by atoms with van der Waals surface area (Å²) in [5.41, 5.74) is -0.0987. The Labute approximate surface area is 140 Å². The summed E-state index contributed by atoms with van der Waals surface area (Å²) in [5.74, 6) is -0.754. The van der Waals surface area contributed by atoms with Crippen LogP contribution in [0.1, 0.15) is 17.2 Å². The van der Waals surface area contributed by atoms with Crippen LogP contribution in [0.5, 0.6) is 0 Å². The molecular formula is C15H17F3N4O3. The number of rotatable bonds is 3. The number of H-pyrrole nitrogens is 2. The van der Waals surface area contributed by atoms with Gasteiger partial charge in [-0.25, -0.2) is 4.79 Å². The van der Waals surface area contributed by atoms with Crippen LogP contribution in [0.3, 0.4) is 0 Å². The van der Waals surface area contributed by atoms with Crippen LogP contribution in [0.25, 0.3) is 0 Å². The van der Waals surface area contributed by atoms with Crippen LogP contribution in [-0.4, -0.2) is 41.0 Å². The van der Waals surface area contributed by atoms with Crippen LogP contribution in [0, 0.1) is 6.92 Å². The highest BCUT2D eigenvalue weighted by molar-refractivity contribution is 5.48. The Kier molecular flexibility index (Phi) is 4.46. The van der Waals surface area contributed by atoms with E-state index in [0.29, 0.717) is 37.6 Å². The number of aromatic amines is 2. The molecule has 3 rings (SSSR count). The lowest BCUT2D eigenvalue weighted by Gasteiger charge is -2.35. The molecule has 0 spiro atoms. The Morgan fingerprint density at radius 3 is 2.36 bits per heavy atom. The fourth-order valence-corrected chi connectivity index (χ4v) is 2.94. The van der Waals surface area contributed by atoms with E-state index in [1.165, 1.54) is 6.07 Å². The van der Waals surface area contributed by atoms with Gasteiger partial charge in [0.05, 0.1) is 6.54 Å². The molecule has 0 unspecified atom stereocenters. The maximum atomic E-state index is 12.6. The molecule has 1 saturated heterocycles. The first-order valence-corrected chi connectivity index (χ1v) is 7.70. The first kappa shape index (κ1) is 17.3. The maximum Gasteiger partial charge on any atom is 0.449 e. The zero-order chi connectivity index (χ0) is 18.2. The quantitative estimate of drug-likeness (QED) is 0.864. The molecule has 0 amide bonds. The number of anilines is 1. The highest BCUT2D eigenvalue weighted by Gasteiger charge is 2.35. The van der Waals surface area contributed by atoms with E-state index in [-0.39, 0.29) is 12.3 Å². The predicted octanol–water partition coefficient (Wildman–Crippen LogP) is 1.31. The second-order valence-corrected chi connectivity index (χ2v) is 5.91. The van der Waals surface area contributed by atoms with Gasteiger partial charge in [0.1, 0.15) is 11.4 Å². The molecule has 3 heterocycles. The van der Waals surface area contributed by atoms with Gasteiger partial charge in [0, 0.05) is 31.9 Å². The molecule has 0 atom stereocenters. The van der Waals surface area contributed by atoms with Crippen molar-refractivity contribution in [2.45, 2.75) is 19.6 Å². The van der Waals surface area contributed by atoms with Crippen molar-refractivity contribution < 1.29 is 17.6 Å². The van der Waals surface area contributed by atoms with Crippen LogP contribution in [0.4, 0.5) is 18.9 Å². The number of nitrogens with zero attached hydrogens (tertiary/aromatic N) is 2. The molecule has 0 radical (unpaired) electrons. The van der Waals surface area contributed by atoms with Gasteiger partial charge in [0.25, 0.3) is 5.56 Å². The van der Waals surface area contributed by atoms with Crippen molar-refractivity contribution >= 4 is 5.69 Å². The summed E-state index contributed by atoms with van der Waals surface area (Å²) in [6, 6.07) is 2.25. The van der Waals surface area contributed by atoms with Crippen molar-refractivity contribution in [1.29, 1.82) is 0 Å². The molecule has 0 aromatic carbocycles. The van der Waals surface area contributed by atoms with E-state index in [2.05, 4.69) is 9.97 Å². The Morgan fingerprint density at radius 2 is 1.80 bits per heavy atom. The third-order valence-corrected chi connectivity index (χ3v) is 4.11. The van der Waals surface area contributed by atoms with Gasteiger partial charge < -0.3 is 14.3 Å². The summed E-state index contributed by atoms with van der Waals surface area (Å²) in [6.45, 7) is 4.07. The predicted molar refractivity (Wildman–Crippen MR) is 83.6 cm³/mol. The number of aromatic nitrogens is 2. The molecule has 2 aromatic rings. The van der Waals surface area contributed by atoms with E-state index in [0.717, 1.165) is 6.07 Å². The van der Waals surface area contributed by atoms with E-state index >= 15 is 0 Å². The molecule has 1 aliphatic heterocycles. The molecule has 2 aromatic heterocycles. The van der Waals surface area contributed by atoms with Gasteiger partial charge in [-0.2, -0.15) is 13.2 Å². The van der Waals surface area contributed by atoms with Gasteiger partial charge in [-0.15, -0.1) is 0 Å². The molecule has 10 heteroatoms. The van der Waals surface area contributed by atoms with Crippen molar-refractivity contribution in [3.05, 3.63) is 50.2 Å². The first-order valence-electron chi connectivity index (χ1n) is 7.70. The van der Waals surface area contributed by atoms with E-state index in [9.17, 15) is 22.8 Å². The van der Waals surface area contributed by atoms with Crippen LogP contribution in [0.2, 0.25) is 0 Å². The monoisotopic (exact) mass is 358 g/mol. The summed E-state index contributed by atoms with van der Waals surface area (Å²) in [6.07, 6.45) is -4.49. The number of nitrogens with one attached hydrogen (secondary N) is 2. The van der Waals surface area contributed by atoms with E-state index in [1.54, 1.807) is 6.92 Å². The summed E-state index contributed by atoms with van der Waals surface area (Å²) in [4.78, 5) is 31.8. The zero-order valence-corrected chi connectivity index (χ0v) is 13.4. The largest absolute Gasteiger partial charge is 0.455 e. The molecule has 2 N–H and O–H groups in total. The molecular weight excluding hydrogens is 341 g/mol. The number of hydrogen-bond donors (Lipinski definition) is 2. The lowest BCUT2D eigenvalue weighted by Crippen LogP contribution is -2.48. The Balaban J connectivity index is 1.64. The van der Waals surface area contributed by atoms with Gasteiger partial charge in [0.15, 0.2) is 0 Å². The zero-order valence-electron chi connectivity index (χ0n) is 13.4. The summed E-state index contributed by atoms with van der Waals surface area (Å²) >= 11 is 0. The minimum Gasteiger partial charge on any atom is -0.455 e. The highest BCUT2D eigenvalue weighted by atomic mass is 19.4. The van der Waals surface area contributed by atoms with Gasteiger partial charge >= 0.3 is 11.9 Å². The van der Waals surface area contributed by atoms with Crippen LogP contribution < -0.4 is 16.1 Å². The standard InChI is InChI=1S/C15H17F3N4O3/c1-9-12(13(23)20-14(24)19-9)22-6-4-21(5-7-22)8-10-2-3-11(25-10)15(16,17)18/h2-3H,4-8H2,1H3,(H2,19,20,23,24). The summed E-state index contributed by atoms with van der Waals surface area (Å²) < 4.78 is 42.5. The maximum absolute atomic E-state index is 12.6. The Morgan fingerprint density at radius 1 is 1.12 bits per heavy atom. The smallest absolute Gasteiger partial charge is 0.449 e. The SMILES string of the molecule is Cc1[nH]c(=O)[nH]c(=O)c1N1CCN(Cc2ccc(C(F)(F)F)o2)CC1. The van der Waals surface area contributed by atoms with E-state index in [4.69, 9.17) is 4.42 Å². The number of hydrogen-bond acceptors (Lipinski definition) is 5. The number of furan rings is 1. The minimum atomic E-state index is -4.49. The second-order valence-electron chi connectivity index (χ2n) is 5.91. The van der Waals surface area contributed by atoms with Crippen molar-refractivity contribution in [3.8, 4) is 0 Å². The molecule has 0 bridgehead atoms. The van der Waals surface area contributed by atoms with Gasteiger partial charge in [-0.05, 0) is 19.1 Å². The van der Waals surface area contributed by atoms with Gasteiger partial charge in [0.2, 0.25) is 5.76 Å². The lowest BCUT2D eigenvalue weighted by atomic mass is 10.2. The van der Waals surface area contributed by atoms with Crippen LogP contribution >= 0.6 is 0 Å². The molecule has 0 saturated carbocycles. The number of halogens is 3. The molecule has 0 aliphatic carbocycles. The van der Waals surface area contributed by atoms with E-state index < -0.39 is 23.2 Å². The number of alkyl halides is 3. The molecule has 1 aliphatic rings. The average molecular weight is 358 g/mol. The molecule has 136 valence electrons. The third kappa shape index (κ3) is 3.78. The Bertz CT molecular complexity index is 860. The number of aryl methyl sites for hydroxylation is 1. The van der Waals surface area contributed by atoms with E-state index in [1.807, 2.05) is 9.80 Å². The Hall–Kier alpha value is -2.49. The summed E-state index contributed by atoms with van der Waals surface area (Å²) in [5, 5.41) is 0. The molecule has 25 heavy (non-hydrogen) atoms.